The molecule has 116 valence electrons. The molecular formula is C15H13Cl3N2O2. The summed E-state index contributed by atoms with van der Waals surface area (Å²) in [5, 5.41) is 6.71. The SMILES string of the molecule is COc1cc(Cl)c(C)cc1NC(=O)Nc1ccc(Cl)c(Cl)c1. The number of urea groups is 1. The molecule has 0 radical (unpaired) electrons. The van der Waals surface area contributed by atoms with Crippen molar-refractivity contribution in [3.05, 3.63) is 51.0 Å². The van der Waals surface area contributed by atoms with Gasteiger partial charge in [0.2, 0.25) is 0 Å². The summed E-state index contributed by atoms with van der Waals surface area (Å²) >= 11 is 17.8. The van der Waals surface area contributed by atoms with E-state index in [-0.39, 0.29) is 0 Å². The predicted molar refractivity (Wildman–Crippen MR) is 91.8 cm³/mol. The first-order chi connectivity index (χ1) is 10.4. The number of anilines is 2. The van der Waals surface area contributed by atoms with Crippen molar-refractivity contribution in [2.24, 2.45) is 0 Å². The monoisotopic (exact) mass is 358 g/mol. The molecule has 2 aromatic carbocycles. The number of aryl methyl sites for hydroxylation is 1. The van der Waals surface area contributed by atoms with Gasteiger partial charge in [0.05, 0.1) is 22.8 Å². The van der Waals surface area contributed by atoms with Crippen molar-refractivity contribution in [3.8, 4) is 5.75 Å². The second-order valence-corrected chi connectivity index (χ2v) is 5.73. The van der Waals surface area contributed by atoms with Crippen molar-refractivity contribution < 1.29 is 9.53 Å². The van der Waals surface area contributed by atoms with Gasteiger partial charge in [-0.15, -0.1) is 0 Å². The Morgan fingerprint density at radius 3 is 2.36 bits per heavy atom. The minimum Gasteiger partial charge on any atom is -0.495 e. The van der Waals surface area contributed by atoms with Crippen LogP contribution in [0.4, 0.5) is 16.2 Å². The van der Waals surface area contributed by atoms with Gasteiger partial charge in [-0.25, -0.2) is 4.79 Å². The predicted octanol–water partition coefficient (Wildman–Crippen LogP) is 5.61. The third-order valence-electron chi connectivity index (χ3n) is 2.91. The molecule has 0 bridgehead atoms. The quantitative estimate of drug-likeness (QED) is 0.748. The lowest BCUT2D eigenvalue weighted by molar-refractivity contribution is 0.262. The molecule has 2 aromatic rings. The maximum atomic E-state index is 12.1. The van der Waals surface area contributed by atoms with Crippen LogP contribution in [0, 0.1) is 6.92 Å². The molecule has 2 rings (SSSR count). The van der Waals surface area contributed by atoms with Gasteiger partial charge in [0.25, 0.3) is 0 Å². The van der Waals surface area contributed by atoms with E-state index in [2.05, 4.69) is 10.6 Å². The molecule has 0 heterocycles. The van der Waals surface area contributed by atoms with Crippen molar-refractivity contribution in [3.63, 3.8) is 0 Å². The Balaban J connectivity index is 2.15. The third kappa shape index (κ3) is 3.97. The van der Waals surface area contributed by atoms with Crippen molar-refractivity contribution in [2.45, 2.75) is 6.92 Å². The molecule has 0 aliphatic heterocycles. The molecule has 0 unspecified atom stereocenters. The average molecular weight is 360 g/mol. The number of rotatable bonds is 3. The summed E-state index contributed by atoms with van der Waals surface area (Å²) in [7, 11) is 1.50. The van der Waals surface area contributed by atoms with Gasteiger partial charge in [-0.3, -0.25) is 0 Å². The van der Waals surface area contributed by atoms with E-state index in [0.29, 0.717) is 32.2 Å². The van der Waals surface area contributed by atoms with Gasteiger partial charge < -0.3 is 15.4 Å². The van der Waals surface area contributed by atoms with Crippen LogP contribution in [0.15, 0.2) is 30.3 Å². The van der Waals surface area contributed by atoms with Gasteiger partial charge in [-0.05, 0) is 36.8 Å². The number of ether oxygens (including phenoxy) is 1. The molecule has 4 nitrogen and oxygen atoms in total. The molecule has 0 atom stereocenters. The standard InChI is InChI=1S/C15H13Cl3N2O2/c1-8-5-13(14(22-2)7-11(8)17)20-15(21)19-9-3-4-10(16)12(18)6-9/h3-7H,1-2H3,(H2,19,20,21). The first-order valence-corrected chi connectivity index (χ1v) is 7.41. The van der Waals surface area contributed by atoms with Gasteiger partial charge in [-0.2, -0.15) is 0 Å². The molecular weight excluding hydrogens is 347 g/mol. The van der Waals surface area contributed by atoms with Crippen LogP contribution in [0.25, 0.3) is 0 Å². The fourth-order valence-electron chi connectivity index (χ4n) is 1.79. The summed E-state index contributed by atoms with van der Waals surface area (Å²) in [6, 6.07) is 7.76. The topological polar surface area (TPSA) is 50.4 Å². The van der Waals surface area contributed by atoms with Gasteiger partial charge in [-0.1, -0.05) is 34.8 Å². The van der Waals surface area contributed by atoms with E-state index in [1.807, 2.05) is 6.92 Å². The number of methoxy groups -OCH3 is 1. The maximum absolute atomic E-state index is 12.1. The maximum Gasteiger partial charge on any atom is 0.323 e. The molecule has 2 amide bonds. The summed E-state index contributed by atoms with van der Waals surface area (Å²) < 4.78 is 5.20. The van der Waals surface area contributed by atoms with E-state index in [4.69, 9.17) is 39.5 Å². The molecule has 0 aliphatic rings. The number of hydrogen-bond acceptors (Lipinski definition) is 2. The van der Waals surface area contributed by atoms with Crippen LogP contribution in [0.1, 0.15) is 5.56 Å². The Bertz CT molecular complexity index is 720. The van der Waals surface area contributed by atoms with Crippen molar-refractivity contribution in [2.75, 3.05) is 17.7 Å². The van der Waals surface area contributed by atoms with Gasteiger partial charge >= 0.3 is 6.03 Å². The van der Waals surface area contributed by atoms with Crippen LogP contribution < -0.4 is 15.4 Å². The molecule has 0 aliphatic carbocycles. The lowest BCUT2D eigenvalue weighted by atomic mass is 10.2. The largest absolute Gasteiger partial charge is 0.495 e. The number of amides is 2. The highest BCUT2D eigenvalue weighted by Crippen LogP contribution is 2.31. The fraction of sp³-hybridized carbons (Fsp3) is 0.133. The first kappa shape index (κ1) is 16.7. The minimum atomic E-state index is -0.432. The molecule has 0 spiro atoms. The molecule has 2 N–H and O–H groups in total. The second-order valence-electron chi connectivity index (χ2n) is 4.51. The van der Waals surface area contributed by atoms with Gasteiger partial charge in [0, 0.05) is 16.8 Å². The van der Waals surface area contributed by atoms with Crippen LogP contribution >= 0.6 is 34.8 Å². The number of benzene rings is 2. The van der Waals surface area contributed by atoms with Crippen LogP contribution in [-0.4, -0.2) is 13.1 Å². The lowest BCUT2D eigenvalue weighted by Gasteiger charge is -2.13. The molecule has 0 saturated carbocycles. The molecule has 0 fully saturated rings. The number of hydrogen-bond donors (Lipinski definition) is 2. The van der Waals surface area contributed by atoms with Crippen molar-refractivity contribution in [1.29, 1.82) is 0 Å². The summed E-state index contributed by atoms with van der Waals surface area (Å²) in [4.78, 5) is 12.1. The normalized spacial score (nSPS) is 10.2. The zero-order valence-electron chi connectivity index (χ0n) is 11.8. The third-order valence-corrected chi connectivity index (χ3v) is 4.05. The van der Waals surface area contributed by atoms with E-state index < -0.39 is 6.03 Å². The number of carbonyl (C=O) groups excluding carboxylic acids is 1. The number of halogens is 3. The molecule has 0 aromatic heterocycles. The zero-order chi connectivity index (χ0) is 16.3. The highest BCUT2D eigenvalue weighted by Gasteiger charge is 2.11. The van der Waals surface area contributed by atoms with E-state index in [1.54, 1.807) is 30.3 Å². The highest BCUT2D eigenvalue weighted by molar-refractivity contribution is 6.42. The summed E-state index contributed by atoms with van der Waals surface area (Å²) in [6.07, 6.45) is 0. The summed E-state index contributed by atoms with van der Waals surface area (Å²) in [6.45, 7) is 1.84. The summed E-state index contributed by atoms with van der Waals surface area (Å²) in [5.74, 6) is 0.472. The average Bonchev–Trinajstić information content (AvgIpc) is 2.46. The Labute approximate surface area is 143 Å². The minimum absolute atomic E-state index is 0.361. The lowest BCUT2D eigenvalue weighted by Crippen LogP contribution is -2.19. The summed E-state index contributed by atoms with van der Waals surface area (Å²) in [5.41, 5.74) is 1.87. The van der Waals surface area contributed by atoms with E-state index in [1.165, 1.54) is 7.11 Å². The molecule has 22 heavy (non-hydrogen) atoms. The molecule has 7 heteroatoms. The van der Waals surface area contributed by atoms with Crippen LogP contribution in [0.2, 0.25) is 15.1 Å². The smallest absolute Gasteiger partial charge is 0.323 e. The second kappa shape index (κ2) is 7.09. The van der Waals surface area contributed by atoms with Crippen molar-refractivity contribution in [1.82, 2.24) is 0 Å². The van der Waals surface area contributed by atoms with Gasteiger partial charge in [0.15, 0.2) is 0 Å². The zero-order valence-corrected chi connectivity index (χ0v) is 14.1. The van der Waals surface area contributed by atoms with Gasteiger partial charge in [0.1, 0.15) is 5.75 Å². The van der Waals surface area contributed by atoms with E-state index >= 15 is 0 Å². The van der Waals surface area contributed by atoms with Crippen LogP contribution in [-0.2, 0) is 0 Å². The highest BCUT2D eigenvalue weighted by atomic mass is 35.5. The van der Waals surface area contributed by atoms with E-state index in [9.17, 15) is 4.79 Å². The van der Waals surface area contributed by atoms with Crippen LogP contribution in [0.5, 0.6) is 5.75 Å². The Hall–Kier alpha value is -1.62. The Morgan fingerprint density at radius 2 is 1.73 bits per heavy atom. The number of carbonyl (C=O) groups is 1. The van der Waals surface area contributed by atoms with Crippen LogP contribution in [0.3, 0.4) is 0 Å². The number of nitrogens with one attached hydrogen (secondary N) is 2. The first-order valence-electron chi connectivity index (χ1n) is 6.28. The Kier molecular flexibility index (Phi) is 5.40. The van der Waals surface area contributed by atoms with E-state index in [0.717, 1.165) is 5.56 Å². The fourth-order valence-corrected chi connectivity index (χ4v) is 2.24. The van der Waals surface area contributed by atoms with Crippen molar-refractivity contribution >= 4 is 52.2 Å². The Morgan fingerprint density at radius 1 is 1.00 bits per heavy atom. The molecule has 0 saturated heterocycles.